The molecule has 2 N–H and O–H groups in total. The summed E-state index contributed by atoms with van der Waals surface area (Å²) < 4.78 is 7.14. The molecule has 0 atom stereocenters. The average molecular weight is 231 g/mol. The number of rotatable bonds is 3. The van der Waals surface area contributed by atoms with Gasteiger partial charge >= 0.3 is 0 Å². The number of nitrogens with two attached hydrogens (primary N) is 1. The van der Waals surface area contributed by atoms with Crippen LogP contribution >= 0.6 is 0 Å². The third kappa shape index (κ3) is 1.61. The molecule has 6 nitrogen and oxygen atoms in total. The predicted molar refractivity (Wildman–Crippen MR) is 62.5 cm³/mol. The molecule has 0 amide bonds. The molecule has 17 heavy (non-hydrogen) atoms. The molecule has 0 bridgehead atoms. The van der Waals surface area contributed by atoms with E-state index in [4.69, 9.17) is 10.5 Å². The predicted octanol–water partition coefficient (Wildman–Crippen LogP) is 1.27. The van der Waals surface area contributed by atoms with Crippen LogP contribution in [-0.2, 0) is 0 Å². The van der Waals surface area contributed by atoms with Crippen LogP contribution in [0.1, 0.15) is 18.9 Å². The molecule has 3 rings (SSSR count). The molecule has 88 valence electrons. The van der Waals surface area contributed by atoms with E-state index in [0.717, 1.165) is 18.4 Å². The third-order valence-electron chi connectivity index (χ3n) is 2.89. The van der Waals surface area contributed by atoms with Gasteiger partial charge in [-0.25, -0.2) is 4.68 Å². The van der Waals surface area contributed by atoms with Gasteiger partial charge in [-0.1, -0.05) is 6.07 Å². The van der Waals surface area contributed by atoms with Gasteiger partial charge in [0.15, 0.2) is 5.82 Å². The van der Waals surface area contributed by atoms with Crippen LogP contribution < -0.4 is 10.5 Å². The molecular formula is C11H13N5O. The number of benzene rings is 1. The summed E-state index contributed by atoms with van der Waals surface area (Å²) >= 11 is 0. The maximum atomic E-state index is 5.99. The number of hydrogen-bond donors (Lipinski definition) is 1. The zero-order valence-corrected chi connectivity index (χ0v) is 9.50. The lowest BCUT2D eigenvalue weighted by Gasteiger charge is -2.10. The van der Waals surface area contributed by atoms with Crippen LogP contribution in [-0.4, -0.2) is 27.3 Å². The molecular weight excluding hydrogens is 218 g/mol. The number of anilines is 1. The minimum atomic E-state index is 0.407. The highest BCUT2D eigenvalue weighted by Gasteiger charge is 2.29. The second-order valence-corrected chi connectivity index (χ2v) is 4.10. The number of ether oxygens (including phenoxy) is 1. The van der Waals surface area contributed by atoms with Crippen LogP contribution in [0.3, 0.4) is 0 Å². The molecule has 1 aromatic heterocycles. The summed E-state index contributed by atoms with van der Waals surface area (Å²) in [7, 11) is 1.61. The van der Waals surface area contributed by atoms with Crippen molar-refractivity contribution in [1.82, 2.24) is 20.2 Å². The molecule has 1 heterocycles. The third-order valence-corrected chi connectivity index (χ3v) is 2.89. The van der Waals surface area contributed by atoms with Crippen molar-refractivity contribution in [2.75, 3.05) is 12.8 Å². The Kier molecular flexibility index (Phi) is 2.21. The monoisotopic (exact) mass is 231 g/mol. The molecule has 1 aliphatic rings. The molecule has 1 saturated carbocycles. The number of tetrazole rings is 1. The van der Waals surface area contributed by atoms with Crippen molar-refractivity contribution in [2.45, 2.75) is 18.9 Å². The van der Waals surface area contributed by atoms with Crippen molar-refractivity contribution >= 4 is 5.69 Å². The molecule has 2 aromatic rings. The van der Waals surface area contributed by atoms with E-state index < -0.39 is 0 Å². The smallest absolute Gasteiger partial charge is 0.188 e. The van der Waals surface area contributed by atoms with Crippen LogP contribution in [0, 0.1) is 0 Å². The maximum absolute atomic E-state index is 5.99. The Bertz CT molecular complexity index is 547. The highest BCUT2D eigenvalue weighted by molar-refractivity contribution is 5.77. The summed E-state index contributed by atoms with van der Waals surface area (Å²) in [6.45, 7) is 0. The van der Waals surface area contributed by atoms with E-state index in [-0.39, 0.29) is 0 Å². The van der Waals surface area contributed by atoms with E-state index in [1.165, 1.54) is 0 Å². The summed E-state index contributed by atoms with van der Waals surface area (Å²) in [4.78, 5) is 0. The highest BCUT2D eigenvalue weighted by Crippen LogP contribution is 2.40. The molecule has 0 radical (unpaired) electrons. The number of aromatic nitrogens is 4. The van der Waals surface area contributed by atoms with Crippen molar-refractivity contribution in [2.24, 2.45) is 0 Å². The number of nitrogens with zero attached hydrogens (tertiary/aromatic N) is 4. The Morgan fingerprint density at radius 1 is 1.41 bits per heavy atom. The first kappa shape index (κ1) is 10.1. The summed E-state index contributed by atoms with van der Waals surface area (Å²) in [6, 6.07) is 5.94. The quantitative estimate of drug-likeness (QED) is 0.804. The SMILES string of the molecule is COc1cccc(N)c1-c1nnnn1C1CC1. The fourth-order valence-electron chi connectivity index (χ4n) is 1.88. The van der Waals surface area contributed by atoms with E-state index in [0.29, 0.717) is 23.3 Å². The van der Waals surface area contributed by atoms with Crippen LogP contribution in [0.15, 0.2) is 18.2 Å². The summed E-state index contributed by atoms with van der Waals surface area (Å²) in [5.41, 5.74) is 7.38. The normalized spacial score (nSPS) is 14.9. The molecule has 1 aromatic carbocycles. The fraction of sp³-hybridized carbons (Fsp3) is 0.364. The maximum Gasteiger partial charge on any atom is 0.188 e. The van der Waals surface area contributed by atoms with Crippen molar-refractivity contribution < 1.29 is 4.74 Å². The van der Waals surface area contributed by atoms with Crippen molar-refractivity contribution in [3.05, 3.63) is 18.2 Å². The van der Waals surface area contributed by atoms with Gasteiger partial charge in [0, 0.05) is 5.69 Å². The molecule has 0 spiro atoms. The minimum absolute atomic E-state index is 0.407. The molecule has 0 aliphatic heterocycles. The van der Waals surface area contributed by atoms with Crippen LogP contribution in [0.5, 0.6) is 5.75 Å². The second-order valence-electron chi connectivity index (χ2n) is 4.10. The molecule has 0 saturated heterocycles. The van der Waals surface area contributed by atoms with Gasteiger partial charge in [-0.05, 0) is 35.4 Å². The Morgan fingerprint density at radius 3 is 2.94 bits per heavy atom. The first-order valence-electron chi connectivity index (χ1n) is 5.52. The van der Waals surface area contributed by atoms with Gasteiger partial charge < -0.3 is 10.5 Å². The molecule has 0 unspecified atom stereocenters. The van der Waals surface area contributed by atoms with E-state index >= 15 is 0 Å². The summed E-state index contributed by atoms with van der Waals surface area (Å²) in [6.07, 6.45) is 2.24. The first-order valence-corrected chi connectivity index (χ1v) is 5.52. The van der Waals surface area contributed by atoms with Crippen LogP contribution in [0.2, 0.25) is 0 Å². The molecule has 1 aliphatic carbocycles. The zero-order chi connectivity index (χ0) is 11.8. The number of hydrogen-bond acceptors (Lipinski definition) is 5. The van der Waals surface area contributed by atoms with Gasteiger partial charge in [0.05, 0.1) is 18.7 Å². The Hall–Kier alpha value is -2.11. The Balaban J connectivity index is 2.16. The van der Waals surface area contributed by atoms with E-state index in [1.54, 1.807) is 7.11 Å². The lowest BCUT2D eigenvalue weighted by Crippen LogP contribution is -2.03. The zero-order valence-electron chi connectivity index (χ0n) is 9.50. The standard InChI is InChI=1S/C11H13N5O/c1-17-9-4-2-3-8(12)10(9)11-13-14-15-16(11)7-5-6-7/h2-4,7H,5-6,12H2,1H3. The van der Waals surface area contributed by atoms with E-state index in [2.05, 4.69) is 15.5 Å². The highest BCUT2D eigenvalue weighted by atomic mass is 16.5. The second kappa shape index (κ2) is 3.73. The lowest BCUT2D eigenvalue weighted by atomic mass is 10.1. The van der Waals surface area contributed by atoms with Gasteiger partial charge in [0.25, 0.3) is 0 Å². The fourth-order valence-corrected chi connectivity index (χ4v) is 1.88. The lowest BCUT2D eigenvalue weighted by molar-refractivity contribution is 0.416. The van der Waals surface area contributed by atoms with Gasteiger partial charge in [-0.15, -0.1) is 5.10 Å². The van der Waals surface area contributed by atoms with Crippen molar-refractivity contribution in [3.8, 4) is 17.1 Å². The molecule has 1 fully saturated rings. The van der Waals surface area contributed by atoms with Gasteiger partial charge in [0.1, 0.15) is 5.75 Å². The van der Waals surface area contributed by atoms with Crippen molar-refractivity contribution in [3.63, 3.8) is 0 Å². The van der Waals surface area contributed by atoms with Gasteiger partial charge in [-0.3, -0.25) is 0 Å². The van der Waals surface area contributed by atoms with Crippen LogP contribution in [0.4, 0.5) is 5.69 Å². The summed E-state index contributed by atoms with van der Waals surface area (Å²) in [5.74, 6) is 1.38. The van der Waals surface area contributed by atoms with Gasteiger partial charge in [-0.2, -0.15) is 0 Å². The largest absolute Gasteiger partial charge is 0.496 e. The Labute approximate surface area is 98.4 Å². The Morgan fingerprint density at radius 2 is 2.24 bits per heavy atom. The van der Waals surface area contributed by atoms with Crippen molar-refractivity contribution in [1.29, 1.82) is 0 Å². The number of nitrogen functional groups attached to an aromatic ring is 1. The number of methoxy groups -OCH3 is 1. The van der Waals surface area contributed by atoms with E-state index in [1.807, 2.05) is 22.9 Å². The summed E-state index contributed by atoms with van der Waals surface area (Å²) in [5, 5.41) is 11.8. The average Bonchev–Trinajstić information content (AvgIpc) is 3.08. The molecule has 6 heteroatoms. The minimum Gasteiger partial charge on any atom is -0.496 e. The first-order chi connectivity index (χ1) is 8.31. The topological polar surface area (TPSA) is 78.8 Å². The van der Waals surface area contributed by atoms with Gasteiger partial charge in [0.2, 0.25) is 0 Å². The van der Waals surface area contributed by atoms with E-state index in [9.17, 15) is 0 Å². The van der Waals surface area contributed by atoms with Crippen LogP contribution in [0.25, 0.3) is 11.4 Å².